The van der Waals surface area contributed by atoms with E-state index in [1.165, 1.54) is 6.20 Å². The van der Waals surface area contributed by atoms with E-state index in [-0.39, 0.29) is 16.9 Å². The van der Waals surface area contributed by atoms with Crippen LogP contribution in [0.3, 0.4) is 0 Å². The van der Waals surface area contributed by atoms with E-state index < -0.39 is 0 Å². The van der Waals surface area contributed by atoms with E-state index in [2.05, 4.69) is 10.3 Å². The van der Waals surface area contributed by atoms with Gasteiger partial charge in [0.25, 0.3) is 5.91 Å². The zero-order valence-corrected chi connectivity index (χ0v) is 9.90. The molecule has 18 heavy (non-hydrogen) atoms. The van der Waals surface area contributed by atoms with Crippen LogP contribution in [0.1, 0.15) is 16.8 Å². The second-order valence-electron chi connectivity index (χ2n) is 3.98. The summed E-state index contributed by atoms with van der Waals surface area (Å²) in [6.07, 6.45) is 2.14. The molecular formula is C13H15N3O2. The number of hydrogen-bond donors (Lipinski definition) is 3. The van der Waals surface area contributed by atoms with Gasteiger partial charge in [-0.15, -0.1) is 0 Å². The van der Waals surface area contributed by atoms with Gasteiger partial charge in [0, 0.05) is 23.6 Å². The van der Waals surface area contributed by atoms with Crippen LogP contribution in [-0.4, -0.2) is 24.0 Å². The summed E-state index contributed by atoms with van der Waals surface area (Å²) in [4.78, 5) is 26.9. The third kappa shape index (κ3) is 2.41. The molecule has 1 aromatic carbocycles. The first-order valence-electron chi connectivity index (χ1n) is 5.82. The van der Waals surface area contributed by atoms with E-state index >= 15 is 0 Å². The fourth-order valence-electron chi connectivity index (χ4n) is 1.74. The van der Waals surface area contributed by atoms with Crippen LogP contribution < -0.4 is 16.5 Å². The van der Waals surface area contributed by atoms with E-state index in [0.717, 1.165) is 5.52 Å². The summed E-state index contributed by atoms with van der Waals surface area (Å²) < 4.78 is 0. The second-order valence-corrected chi connectivity index (χ2v) is 3.98. The van der Waals surface area contributed by atoms with Crippen LogP contribution in [0.5, 0.6) is 0 Å². The van der Waals surface area contributed by atoms with Gasteiger partial charge < -0.3 is 16.0 Å². The zero-order chi connectivity index (χ0) is 13.0. The van der Waals surface area contributed by atoms with Crippen molar-refractivity contribution in [2.75, 3.05) is 13.1 Å². The van der Waals surface area contributed by atoms with Gasteiger partial charge in [-0.25, -0.2) is 0 Å². The van der Waals surface area contributed by atoms with Crippen LogP contribution in [0.2, 0.25) is 0 Å². The second kappa shape index (κ2) is 5.46. The Hall–Kier alpha value is -2.14. The molecule has 0 aliphatic rings. The summed E-state index contributed by atoms with van der Waals surface area (Å²) in [5.74, 6) is -0.365. The molecule has 0 spiro atoms. The van der Waals surface area contributed by atoms with Crippen molar-refractivity contribution >= 4 is 16.8 Å². The number of benzene rings is 1. The van der Waals surface area contributed by atoms with Crippen molar-refractivity contribution in [1.82, 2.24) is 10.3 Å². The summed E-state index contributed by atoms with van der Waals surface area (Å²) in [6.45, 7) is 0.982. The molecule has 0 bridgehead atoms. The van der Waals surface area contributed by atoms with Crippen molar-refractivity contribution in [2.24, 2.45) is 5.73 Å². The molecule has 94 valence electrons. The number of amides is 1. The van der Waals surface area contributed by atoms with Gasteiger partial charge in [-0.05, 0) is 25.1 Å². The molecule has 0 fully saturated rings. The topological polar surface area (TPSA) is 88.0 Å². The molecule has 1 heterocycles. The normalized spacial score (nSPS) is 10.5. The van der Waals surface area contributed by atoms with Gasteiger partial charge >= 0.3 is 0 Å². The SMILES string of the molecule is NCCCNC(=O)c1c[nH]c2ccccc2c1=O. The number of carbonyl (C=O) groups excluding carboxylic acids is 1. The average molecular weight is 245 g/mol. The third-order valence-corrected chi connectivity index (χ3v) is 2.70. The van der Waals surface area contributed by atoms with Crippen molar-refractivity contribution in [1.29, 1.82) is 0 Å². The quantitative estimate of drug-likeness (QED) is 0.689. The number of aromatic nitrogens is 1. The Balaban J connectivity index is 2.31. The first-order chi connectivity index (χ1) is 8.74. The number of para-hydroxylation sites is 1. The summed E-state index contributed by atoms with van der Waals surface area (Å²) in [6, 6.07) is 7.10. The monoisotopic (exact) mass is 245 g/mol. The Morgan fingerprint density at radius 2 is 2.11 bits per heavy atom. The highest BCUT2D eigenvalue weighted by Crippen LogP contribution is 2.06. The molecule has 0 radical (unpaired) electrons. The molecule has 5 heteroatoms. The van der Waals surface area contributed by atoms with Crippen molar-refractivity contribution < 1.29 is 4.79 Å². The standard InChI is InChI=1S/C13H15N3O2/c14-6-3-7-15-13(18)10-8-16-11-5-2-1-4-9(11)12(10)17/h1-2,4-5,8H,3,6-7,14H2,(H,15,18)(H,16,17). The molecular weight excluding hydrogens is 230 g/mol. The lowest BCUT2D eigenvalue weighted by atomic mass is 10.1. The number of aromatic amines is 1. The van der Waals surface area contributed by atoms with Crippen LogP contribution in [-0.2, 0) is 0 Å². The molecule has 0 atom stereocenters. The molecule has 0 saturated carbocycles. The highest BCUT2D eigenvalue weighted by Gasteiger charge is 2.11. The van der Waals surface area contributed by atoms with Gasteiger partial charge in [0.2, 0.25) is 5.43 Å². The number of fused-ring (bicyclic) bond motifs is 1. The van der Waals surface area contributed by atoms with Crippen LogP contribution in [0.15, 0.2) is 35.3 Å². The average Bonchev–Trinajstić information content (AvgIpc) is 2.39. The lowest BCUT2D eigenvalue weighted by Gasteiger charge is -2.04. The Labute approximate surface area is 104 Å². The maximum Gasteiger partial charge on any atom is 0.256 e. The number of pyridine rings is 1. The van der Waals surface area contributed by atoms with E-state index in [1.54, 1.807) is 18.2 Å². The predicted molar refractivity (Wildman–Crippen MR) is 70.6 cm³/mol. The number of rotatable bonds is 4. The summed E-state index contributed by atoms with van der Waals surface area (Å²) >= 11 is 0. The molecule has 0 aliphatic carbocycles. The van der Waals surface area contributed by atoms with Crippen LogP contribution >= 0.6 is 0 Å². The number of nitrogens with one attached hydrogen (secondary N) is 2. The minimum atomic E-state index is -0.365. The molecule has 0 aliphatic heterocycles. The molecule has 1 aromatic heterocycles. The van der Waals surface area contributed by atoms with Crippen LogP contribution in [0.25, 0.3) is 10.9 Å². The predicted octanol–water partition coefficient (Wildman–Crippen LogP) is 0.607. The van der Waals surface area contributed by atoms with Crippen molar-refractivity contribution in [3.63, 3.8) is 0 Å². The number of hydrogen-bond acceptors (Lipinski definition) is 3. The van der Waals surface area contributed by atoms with Gasteiger partial charge in [0.05, 0.1) is 0 Å². The van der Waals surface area contributed by atoms with Crippen LogP contribution in [0, 0.1) is 0 Å². The largest absolute Gasteiger partial charge is 0.360 e. The molecule has 2 rings (SSSR count). The van der Waals surface area contributed by atoms with Gasteiger partial charge in [-0.1, -0.05) is 12.1 Å². The summed E-state index contributed by atoms with van der Waals surface area (Å²) in [5.41, 5.74) is 5.94. The minimum Gasteiger partial charge on any atom is -0.360 e. The lowest BCUT2D eigenvalue weighted by Crippen LogP contribution is -2.30. The minimum absolute atomic E-state index is 0.130. The highest BCUT2D eigenvalue weighted by atomic mass is 16.2. The third-order valence-electron chi connectivity index (χ3n) is 2.70. The van der Waals surface area contributed by atoms with Crippen molar-refractivity contribution in [2.45, 2.75) is 6.42 Å². The maximum atomic E-state index is 12.1. The number of H-pyrrole nitrogens is 1. The van der Waals surface area contributed by atoms with Gasteiger partial charge in [0.1, 0.15) is 5.56 Å². The Kier molecular flexibility index (Phi) is 3.74. The summed E-state index contributed by atoms with van der Waals surface area (Å²) in [5, 5.41) is 3.18. The maximum absolute atomic E-state index is 12.1. The first-order valence-corrected chi connectivity index (χ1v) is 5.82. The summed E-state index contributed by atoms with van der Waals surface area (Å²) in [7, 11) is 0. The molecule has 4 N–H and O–H groups in total. The van der Waals surface area contributed by atoms with Crippen LogP contribution in [0.4, 0.5) is 0 Å². The van der Waals surface area contributed by atoms with E-state index in [9.17, 15) is 9.59 Å². The molecule has 2 aromatic rings. The van der Waals surface area contributed by atoms with E-state index in [1.807, 2.05) is 6.07 Å². The molecule has 1 amide bonds. The van der Waals surface area contributed by atoms with E-state index in [4.69, 9.17) is 5.73 Å². The van der Waals surface area contributed by atoms with Gasteiger partial charge in [-0.2, -0.15) is 0 Å². The van der Waals surface area contributed by atoms with E-state index in [0.29, 0.717) is 24.9 Å². The van der Waals surface area contributed by atoms with Gasteiger partial charge in [0.15, 0.2) is 0 Å². The van der Waals surface area contributed by atoms with Crippen molar-refractivity contribution in [3.05, 3.63) is 46.2 Å². The number of nitrogens with two attached hydrogens (primary N) is 1. The highest BCUT2D eigenvalue weighted by molar-refractivity contribution is 5.97. The Morgan fingerprint density at radius 3 is 2.89 bits per heavy atom. The number of carbonyl (C=O) groups is 1. The van der Waals surface area contributed by atoms with Gasteiger partial charge in [-0.3, -0.25) is 9.59 Å². The first kappa shape index (κ1) is 12.3. The molecule has 0 saturated heterocycles. The van der Waals surface area contributed by atoms with Crippen molar-refractivity contribution in [3.8, 4) is 0 Å². The fraction of sp³-hybridized carbons (Fsp3) is 0.231. The lowest BCUT2D eigenvalue weighted by molar-refractivity contribution is 0.0952. The Morgan fingerprint density at radius 1 is 1.33 bits per heavy atom. The fourth-order valence-corrected chi connectivity index (χ4v) is 1.74. The zero-order valence-electron chi connectivity index (χ0n) is 9.90. The Bertz CT molecular complexity index is 619. The molecule has 0 unspecified atom stereocenters. The molecule has 5 nitrogen and oxygen atoms in total. The smallest absolute Gasteiger partial charge is 0.256 e.